The SMILES string of the molecule is CC1=C(C)N2C(=NC3C2C(=O)NC(=O)N3C)N1CCCNc1ccccc1Cl. The molecular weight excluding hydrogens is 380 g/mol. The molecule has 1 saturated heterocycles. The van der Waals surface area contributed by atoms with E-state index in [1.807, 2.05) is 43.0 Å². The van der Waals surface area contributed by atoms with Crippen molar-refractivity contribution in [2.24, 2.45) is 4.99 Å². The second-order valence-electron chi connectivity index (χ2n) is 7.15. The zero-order valence-electron chi connectivity index (χ0n) is 16.1. The number of carbonyl (C=O) groups is 2. The fourth-order valence-corrected chi connectivity index (χ4v) is 4.06. The largest absolute Gasteiger partial charge is 0.384 e. The van der Waals surface area contributed by atoms with E-state index < -0.39 is 18.2 Å². The Balaban J connectivity index is 1.46. The molecule has 0 saturated carbocycles. The number of aliphatic imine (C=N–C) groups is 1. The van der Waals surface area contributed by atoms with Crippen LogP contribution in [-0.4, -0.2) is 64.9 Å². The molecular formula is C19H23ClN6O2. The summed E-state index contributed by atoms with van der Waals surface area (Å²) in [6.45, 7) is 5.52. The summed E-state index contributed by atoms with van der Waals surface area (Å²) in [4.78, 5) is 34.6. The van der Waals surface area contributed by atoms with Gasteiger partial charge >= 0.3 is 6.03 Å². The van der Waals surface area contributed by atoms with Crippen molar-refractivity contribution in [3.05, 3.63) is 40.7 Å². The lowest BCUT2D eigenvalue weighted by Gasteiger charge is -2.35. The standard InChI is InChI=1S/C19H23ClN6O2/c1-11-12(2)26-15-16(24(3)19(28)23-17(15)27)22-18(26)25(11)10-6-9-21-14-8-5-4-7-13(14)20/h4-5,7-8,15-16,21H,6,9-10H2,1-3H3,(H,23,27,28). The Hall–Kier alpha value is -2.74. The molecule has 2 atom stereocenters. The molecule has 0 radical (unpaired) electrons. The fraction of sp³-hybridized carbons (Fsp3) is 0.421. The molecule has 0 bridgehead atoms. The van der Waals surface area contributed by atoms with Crippen molar-refractivity contribution in [3.63, 3.8) is 0 Å². The van der Waals surface area contributed by atoms with Crippen molar-refractivity contribution in [1.82, 2.24) is 20.0 Å². The summed E-state index contributed by atoms with van der Waals surface area (Å²) in [6.07, 6.45) is 0.363. The van der Waals surface area contributed by atoms with E-state index in [0.717, 1.165) is 42.6 Å². The lowest BCUT2D eigenvalue weighted by molar-refractivity contribution is -0.126. The van der Waals surface area contributed by atoms with E-state index in [2.05, 4.69) is 15.5 Å². The van der Waals surface area contributed by atoms with Crippen LogP contribution in [0.3, 0.4) is 0 Å². The van der Waals surface area contributed by atoms with E-state index in [1.54, 1.807) is 7.05 Å². The molecule has 1 aromatic carbocycles. The number of likely N-dealkylation sites (N-methyl/N-ethyl adjacent to an activating group) is 1. The molecule has 2 unspecified atom stereocenters. The molecule has 9 heteroatoms. The number of nitrogens with zero attached hydrogens (tertiary/aromatic N) is 4. The van der Waals surface area contributed by atoms with Crippen LogP contribution < -0.4 is 10.6 Å². The number of carbonyl (C=O) groups excluding carboxylic acids is 2. The Morgan fingerprint density at radius 1 is 1.21 bits per heavy atom. The molecule has 0 aliphatic carbocycles. The van der Waals surface area contributed by atoms with Crippen LogP contribution >= 0.6 is 11.6 Å². The lowest BCUT2D eigenvalue weighted by atomic mass is 10.1. The van der Waals surface area contributed by atoms with Crippen molar-refractivity contribution >= 4 is 35.2 Å². The topological polar surface area (TPSA) is 80.3 Å². The van der Waals surface area contributed by atoms with E-state index in [1.165, 1.54) is 4.90 Å². The monoisotopic (exact) mass is 402 g/mol. The van der Waals surface area contributed by atoms with Gasteiger partial charge in [-0.1, -0.05) is 23.7 Å². The van der Waals surface area contributed by atoms with E-state index in [0.29, 0.717) is 5.02 Å². The van der Waals surface area contributed by atoms with Crippen molar-refractivity contribution in [2.45, 2.75) is 32.5 Å². The quantitative estimate of drug-likeness (QED) is 0.738. The molecule has 4 rings (SSSR count). The molecule has 8 nitrogen and oxygen atoms in total. The Morgan fingerprint density at radius 3 is 2.71 bits per heavy atom. The van der Waals surface area contributed by atoms with Gasteiger partial charge in [-0.05, 0) is 32.4 Å². The number of imide groups is 1. The normalized spacial score (nSPS) is 23.7. The number of allylic oxidation sites excluding steroid dienone is 2. The smallest absolute Gasteiger partial charge is 0.325 e. The van der Waals surface area contributed by atoms with E-state index >= 15 is 0 Å². The predicted molar refractivity (Wildman–Crippen MR) is 108 cm³/mol. The third-order valence-corrected chi connectivity index (χ3v) is 5.85. The highest BCUT2D eigenvalue weighted by atomic mass is 35.5. The summed E-state index contributed by atoms with van der Waals surface area (Å²) in [6, 6.07) is 6.73. The molecule has 3 aliphatic heterocycles. The van der Waals surface area contributed by atoms with Crippen molar-refractivity contribution in [3.8, 4) is 0 Å². The van der Waals surface area contributed by atoms with Gasteiger partial charge in [0.15, 0.2) is 12.2 Å². The van der Waals surface area contributed by atoms with Crippen LogP contribution in [0.15, 0.2) is 40.7 Å². The second-order valence-corrected chi connectivity index (χ2v) is 7.55. The summed E-state index contributed by atoms with van der Waals surface area (Å²) in [7, 11) is 1.66. The van der Waals surface area contributed by atoms with Crippen LogP contribution in [0, 0.1) is 0 Å². The second kappa shape index (κ2) is 7.01. The predicted octanol–water partition coefficient (Wildman–Crippen LogP) is 2.26. The van der Waals surface area contributed by atoms with E-state index in [-0.39, 0.29) is 5.91 Å². The molecule has 28 heavy (non-hydrogen) atoms. The Morgan fingerprint density at radius 2 is 1.96 bits per heavy atom. The Bertz CT molecular complexity index is 898. The average Bonchev–Trinajstić information content (AvgIpc) is 3.16. The minimum absolute atomic E-state index is 0.304. The van der Waals surface area contributed by atoms with E-state index in [4.69, 9.17) is 16.6 Å². The van der Waals surface area contributed by atoms with Gasteiger partial charge in [-0.15, -0.1) is 0 Å². The van der Waals surface area contributed by atoms with Gasteiger partial charge in [-0.25, -0.2) is 9.79 Å². The van der Waals surface area contributed by atoms with Crippen molar-refractivity contribution < 1.29 is 9.59 Å². The highest BCUT2D eigenvalue weighted by molar-refractivity contribution is 6.33. The van der Waals surface area contributed by atoms with Gasteiger partial charge in [0, 0.05) is 31.5 Å². The number of urea groups is 1. The number of benzene rings is 1. The van der Waals surface area contributed by atoms with Gasteiger partial charge in [-0.2, -0.15) is 0 Å². The first-order valence-electron chi connectivity index (χ1n) is 9.28. The number of anilines is 1. The van der Waals surface area contributed by atoms with Gasteiger partial charge < -0.3 is 15.1 Å². The zero-order valence-corrected chi connectivity index (χ0v) is 16.8. The molecule has 2 N–H and O–H groups in total. The number of hydrogen-bond donors (Lipinski definition) is 2. The van der Waals surface area contributed by atoms with E-state index in [9.17, 15) is 9.59 Å². The van der Waals surface area contributed by atoms with Crippen LogP contribution in [0.2, 0.25) is 5.02 Å². The van der Waals surface area contributed by atoms with Crippen LogP contribution in [0.5, 0.6) is 0 Å². The number of para-hydroxylation sites is 1. The molecule has 0 aromatic heterocycles. The summed E-state index contributed by atoms with van der Waals surface area (Å²) in [5, 5.41) is 6.45. The summed E-state index contributed by atoms with van der Waals surface area (Å²) < 4.78 is 0. The maximum absolute atomic E-state index is 12.4. The number of halogens is 1. The first-order valence-corrected chi connectivity index (χ1v) is 9.66. The summed E-state index contributed by atoms with van der Waals surface area (Å²) in [5.74, 6) is 0.431. The first-order chi connectivity index (χ1) is 13.4. The number of amides is 3. The molecule has 3 amide bonds. The van der Waals surface area contributed by atoms with Gasteiger partial charge in [0.2, 0.25) is 5.96 Å². The van der Waals surface area contributed by atoms with Gasteiger partial charge in [0.05, 0.1) is 10.7 Å². The van der Waals surface area contributed by atoms with Crippen molar-refractivity contribution in [2.75, 3.05) is 25.5 Å². The number of hydrogen-bond acceptors (Lipinski definition) is 6. The highest BCUT2D eigenvalue weighted by Crippen LogP contribution is 2.36. The minimum atomic E-state index is -0.515. The zero-order chi connectivity index (χ0) is 20.0. The molecule has 1 fully saturated rings. The number of guanidine groups is 1. The minimum Gasteiger partial charge on any atom is -0.384 e. The molecule has 1 aromatic rings. The maximum Gasteiger partial charge on any atom is 0.325 e. The summed E-state index contributed by atoms with van der Waals surface area (Å²) >= 11 is 6.18. The molecule has 0 spiro atoms. The van der Waals surface area contributed by atoms with Gasteiger partial charge in [0.1, 0.15) is 0 Å². The summed E-state index contributed by atoms with van der Waals surface area (Å²) in [5.41, 5.74) is 2.97. The Labute approximate surface area is 168 Å². The first kappa shape index (κ1) is 18.6. The highest BCUT2D eigenvalue weighted by Gasteiger charge is 2.52. The molecule has 148 valence electrons. The fourth-order valence-electron chi connectivity index (χ4n) is 3.86. The number of nitrogens with one attached hydrogen (secondary N) is 2. The number of rotatable bonds is 5. The van der Waals surface area contributed by atoms with Crippen LogP contribution in [0.1, 0.15) is 20.3 Å². The molecule has 3 aliphatic rings. The van der Waals surface area contributed by atoms with Crippen LogP contribution in [0.4, 0.5) is 10.5 Å². The lowest BCUT2D eigenvalue weighted by Crippen LogP contribution is -2.63. The van der Waals surface area contributed by atoms with Crippen LogP contribution in [-0.2, 0) is 4.79 Å². The molecule has 3 heterocycles. The average molecular weight is 403 g/mol. The van der Waals surface area contributed by atoms with Gasteiger partial charge in [-0.3, -0.25) is 15.0 Å². The van der Waals surface area contributed by atoms with Gasteiger partial charge in [0.25, 0.3) is 5.91 Å². The third kappa shape index (κ3) is 2.88. The third-order valence-electron chi connectivity index (χ3n) is 5.52. The Kier molecular flexibility index (Phi) is 4.66. The maximum atomic E-state index is 12.4. The van der Waals surface area contributed by atoms with Crippen molar-refractivity contribution in [1.29, 1.82) is 0 Å². The number of fused-ring (bicyclic) bond motifs is 3. The van der Waals surface area contributed by atoms with Crippen LogP contribution in [0.25, 0.3) is 0 Å².